The monoisotopic (exact) mass is 267 g/mol. The molecule has 0 fully saturated rings. The van der Waals surface area contributed by atoms with Gasteiger partial charge in [0.15, 0.2) is 11.5 Å². The van der Waals surface area contributed by atoms with E-state index < -0.39 is 11.7 Å². The smallest absolute Gasteiger partial charge is 0.161 e. The SMILES string of the molecule is CC(C)(O)CNCC(O)c1ccc2c(c1)OCCO2. The second kappa shape index (κ2) is 5.77. The lowest BCUT2D eigenvalue weighted by molar-refractivity contribution is 0.0739. The molecular formula is C14H21NO4. The average molecular weight is 267 g/mol. The molecule has 0 spiro atoms. The number of hydrogen-bond acceptors (Lipinski definition) is 5. The van der Waals surface area contributed by atoms with Crippen LogP contribution in [0.5, 0.6) is 11.5 Å². The first-order valence-electron chi connectivity index (χ1n) is 6.46. The Balaban J connectivity index is 1.94. The zero-order valence-electron chi connectivity index (χ0n) is 11.3. The first kappa shape index (κ1) is 14.1. The fourth-order valence-corrected chi connectivity index (χ4v) is 1.90. The maximum Gasteiger partial charge on any atom is 0.161 e. The molecule has 5 heteroatoms. The molecule has 0 amide bonds. The summed E-state index contributed by atoms with van der Waals surface area (Å²) in [7, 11) is 0. The van der Waals surface area contributed by atoms with Crippen molar-refractivity contribution in [2.75, 3.05) is 26.3 Å². The van der Waals surface area contributed by atoms with Crippen LogP contribution in [0, 0.1) is 0 Å². The van der Waals surface area contributed by atoms with E-state index in [0.29, 0.717) is 37.8 Å². The van der Waals surface area contributed by atoms with Crippen molar-refractivity contribution in [2.24, 2.45) is 0 Å². The highest BCUT2D eigenvalue weighted by molar-refractivity contribution is 5.44. The van der Waals surface area contributed by atoms with Gasteiger partial charge in [-0.1, -0.05) is 6.07 Å². The van der Waals surface area contributed by atoms with Crippen LogP contribution >= 0.6 is 0 Å². The summed E-state index contributed by atoms with van der Waals surface area (Å²) >= 11 is 0. The third-order valence-corrected chi connectivity index (χ3v) is 2.85. The third kappa shape index (κ3) is 4.09. The maximum absolute atomic E-state index is 10.1. The molecule has 19 heavy (non-hydrogen) atoms. The van der Waals surface area contributed by atoms with Gasteiger partial charge in [-0.15, -0.1) is 0 Å². The Kier molecular flexibility index (Phi) is 4.29. The van der Waals surface area contributed by atoms with Gasteiger partial charge in [0.05, 0.1) is 11.7 Å². The second-order valence-electron chi connectivity index (χ2n) is 5.36. The standard InChI is InChI=1S/C14H21NO4/c1-14(2,17)9-15-8-11(16)10-3-4-12-13(7-10)19-6-5-18-12/h3-4,7,11,15-17H,5-6,8-9H2,1-2H3. The van der Waals surface area contributed by atoms with Crippen LogP contribution < -0.4 is 14.8 Å². The molecule has 1 aliphatic rings. The molecule has 0 saturated heterocycles. The van der Waals surface area contributed by atoms with Crippen LogP contribution in [-0.2, 0) is 0 Å². The lowest BCUT2D eigenvalue weighted by Gasteiger charge is -2.22. The van der Waals surface area contributed by atoms with Crippen LogP contribution in [-0.4, -0.2) is 42.1 Å². The number of ether oxygens (including phenoxy) is 2. The highest BCUT2D eigenvalue weighted by Crippen LogP contribution is 2.32. The minimum Gasteiger partial charge on any atom is -0.486 e. The highest BCUT2D eigenvalue weighted by atomic mass is 16.6. The van der Waals surface area contributed by atoms with E-state index in [4.69, 9.17) is 9.47 Å². The van der Waals surface area contributed by atoms with Gasteiger partial charge in [-0.3, -0.25) is 0 Å². The second-order valence-corrected chi connectivity index (χ2v) is 5.36. The summed E-state index contributed by atoms with van der Waals surface area (Å²) in [4.78, 5) is 0. The third-order valence-electron chi connectivity index (χ3n) is 2.85. The van der Waals surface area contributed by atoms with Crippen LogP contribution in [0.25, 0.3) is 0 Å². The lowest BCUT2D eigenvalue weighted by Crippen LogP contribution is -2.36. The summed E-state index contributed by atoms with van der Waals surface area (Å²) in [6, 6.07) is 5.43. The first-order valence-corrected chi connectivity index (χ1v) is 6.46. The van der Waals surface area contributed by atoms with E-state index in [1.165, 1.54) is 0 Å². The average Bonchev–Trinajstić information content (AvgIpc) is 2.36. The summed E-state index contributed by atoms with van der Waals surface area (Å²) in [6.07, 6.45) is -0.641. The van der Waals surface area contributed by atoms with Crippen molar-refractivity contribution < 1.29 is 19.7 Å². The molecule has 1 atom stereocenters. The van der Waals surface area contributed by atoms with Crippen molar-refractivity contribution in [2.45, 2.75) is 25.6 Å². The predicted molar refractivity (Wildman–Crippen MR) is 71.6 cm³/mol. The quantitative estimate of drug-likeness (QED) is 0.738. The van der Waals surface area contributed by atoms with E-state index in [1.807, 2.05) is 12.1 Å². The lowest BCUT2D eigenvalue weighted by atomic mass is 10.1. The van der Waals surface area contributed by atoms with Crippen LogP contribution in [0.4, 0.5) is 0 Å². The molecule has 1 heterocycles. The van der Waals surface area contributed by atoms with Crippen molar-refractivity contribution in [3.63, 3.8) is 0 Å². The predicted octanol–water partition coefficient (Wildman–Crippen LogP) is 0.852. The van der Waals surface area contributed by atoms with Crippen molar-refractivity contribution in [3.05, 3.63) is 23.8 Å². The Morgan fingerprint density at radius 3 is 2.63 bits per heavy atom. The first-order chi connectivity index (χ1) is 8.96. The van der Waals surface area contributed by atoms with Gasteiger partial charge in [-0.25, -0.2) is 0 Å². The fourth-order valence-electron chi connectivity index (χ4n) is 1.90. The molecule has 1 aromatic rings. The summed E-state index contributed by atoms with van der Waals surface area (Å²) in [5.41, 5.74) is -0.0144. The minimum absolute atomic E-state index is 0.379. The van der Waals surface area contributed by atoms with Gasteiger partial charge in [-0.2, -0.15) is 0 Å². The zero-order chi connectivity index (χ0) is 13.9. The molecule has 5 nitrogen and oxygen atoms in total. The molecule has 1 aromatic carbocycles. The van der Waals surface area contributed by atoms with E-state index in [-0.39, 0.29) is 0 Å². The van der Waals surface area contributed by atoms with E-state index in [1.54, 1.807) is 19.9 Å². The zero-order valence-corrected chi connectivity index (χ0v) is 11.3. The highest BCUT2D eigenvalue weighted by Gasteiger charge is 2.16. The topological polar surface area (TPSA) is 71.0 Å². The summed E-state index contributed by atoms with van der Waals surface area (Å²) < 4.78 is 10.9. The van der Waals surface area contributed by atoms with Crippen molar-refractivity contribution >= 4 is 0 Å². The molecule has 1 unspecified atom stereocenters. The minimum atomic E-state index is -0.785. The van der Waals surface area contributed by atoms with Crippen LogP contribution in [0.15, 0.2) is 18.2 Å². The molecular weight excluding hydrogens is 246 g/mol. The van der Waals surface area contributed by atoms with Crippen molar-refractivity contribution in [3.8, 4) is 11.5 Å². The molecule has 3 N–H and O–H groups in total. The largest absolute Gasteiger partial charge is 0.486 e. The Morgan fingerprint density at radius 2 is 1.95 bits per heavy atom. The number of benzene rings is 1. The van der Waals surface area contributed by atoms with Crippen molar-refractivity contribution in [1.29, 1.82) is 0 Å². The molecule has 0 aromatic heterocycles. The summed E-state index contributed by atoms with van der Waals surface area (Å²) in [6.45, 7) is 5.33. The Bertz CT molecular complexity index is 428. The number of rotatable bonds is 5. The van der Waals surface area contributed by atoms with Gasteiger partial charge in [0, 0.05) is 13.1 Å². The van der Waals surface area contributed by atoms with E-state index in [2.05, 4.69) is 5.32 Å². The Morgan fingerprint density at radius 1 is 1.26 bits per heavy atom. The van der Waals surface area contributed by atoms with Gasteiger partial charge in [-0.05, 0) is 31.5 Å². The number of aliphatic hydroxyl groups excluding tert-OH is 1. The fraction of sp³-hybridized carbons (Fsp3) is 0.571. The molecule has 0 bridgehead atoms. The Labute approximate surface area is 113 Å². The van der Waals surface area contributed by atoms with Crippen LogP contribution in [0.3, 0.4) is 0 Å². The number of hydrogen-bond donors (Lipinski definition) is 3. The van der Waals surface area contributed by atoms with E-state index >= 15 is 0 Å². The molecule has 0 radical (unpaired) electrons. The van der Waals surface area contributed by atoms with Gasteiger partial charge < -0.3 is 25.0 Å². The van der Waals surface area contributed by atoms with Gasteiger partial charge in [0.1, 0.15) is 13.2 Å². The van der Waals surface area contributed by atoms with Gasteiger partial charge >= 0.3 is 0 Å². The van der Waals surface area contributed by atoms with Crippen molar-refractivity contribution in [1.82, 2.24) is 5.32 Å². The molecule has 1 aliphatic heterocycles. The number of fused-ring (bicyclic) bond motifs is 1. The molecule has 2 rings (SSSR count). The number of nitrogens with one attached hydrogen (secondary N) is 1. The molecule has 0 aliphatic carbocycles. The maximum atomic E-state index is 10.1. The summed E-state index contributed by atoms with van der Waals surface area (Å²) in [5.74, 6) is 1.39. The van der Waals surface area contributed by atoms with E-state index in [0.717, 1.165) is 5.56 Å². The number of aliphatic hydroxyl groups is 2. The Hall–Kier alpha value is -1.30. The van der Waals surface area contributed by atoms with Crippen LogP contribution in [0.2, 0.25) is 0 Å². The van der Waals surface area contributed by atoms with E-state index in [9.17, 15) is 10.2 Å². The molecule has 106 valence electrons. The van der Waals surface area contributed by atoms with Gasteiger partial charge in [0.2, 0.25) is 0 Å². The van der Waals surface area contributed by atoms with Gasteiger partial charge in [0.25, 0.3) is 0 Å². The van der Waals surface area contributed by atoms with Crippen LogP contribution in [0.1, 0.15) is 25.5 Å². The normalized spacial score (nSPS) is 16.2. The summed E-state index contributed by atoms with van der Waals surface area (Å²) in [5, 5.41) is 22.7. The molecule has 0 saturated carbocycles.